The van der Waals surface area contributed by atoms with Crippen molar-refractivity contribution in [3.8, 4) is 5.75 Å². The number of methoxy groups -OCH3 is 1. The summed E-state index contributed by atoms with van der Waals surface area (Å²) in [5, 5.41) is 0. The van der Waals surface area contributed by atoms with Gasteiger partial charge in [0.25, 0.3) is 0 Å². The Bertz CT molecular complexity index is 490. The first-order valence-electron chi connectivity index (χ1n) is 4.71. The first-order chi connectivity index (χ1) is 7.78. The van der Waals surface area contributed by atoms with Gasteiger partial charge >= 0.3 is 0 Å². The van der Waals surface area contributed by atoms with Crippen molar-refractivity contribution in [3.05, 3.63) is 45.6 Å². The molecule has 0 radical (unpaired) electrons. The monoisotopic (exact) mass is 251 g/mol. The summed E-state index contributed by atoms with van der Waals surface area (Å²) in [7, 11) is 1.64. The van der Waals surface area contributed by atoms with Crippen LogP contribution < -0.4 is 4.74 Å². The lowest BCUT2D eigenvalue weighted by Gasteiger charge is -1.98. The Morgan fingerprint density at radius 1 is 1.19 bits per heavy atom. The van der Waals surface area contributed by atoms with Crippen LogP contribution in [0.4, 0.5) is 5.69 Å². The fraction of sp³-hybridized carbons (Fsp3) is 0.0833. The molecule has 0 aliphatic carbocycles. The van der Waals surface area contributed by atoms with Gasteiger partial charge < -0.3 is 4.74 Å². The number of aliphatic imine (C=N–C) groups is 1. The standard InChI is InChI=1S/C12H10ClNOS/c1-15-10-4-2-9(3-5-10)14-8-11-6-7-12(13)16-11/h2-8H,1H3. The Morgan fingerprint density at radius 3 is 2.50 bits per heavy atom. The molecule has 0 saturated heterocycles. The first kappa shape index (κ1) is 11.2. The predicted molar refractivity (Wildman–Crippen MR) is 69.6 cm³/mol. The Kier molecular flexibility index (Phi) is 3.59. The zero-order valence-electron chi connectivity index (χ0n) is 8.68. The highest BCUT2D eigenvalue weighted by Gasteiger charge is 1.94. The number of rotatable bonds is 3. The molecule has 2 aromatic rings. The van der Waals surface area contributed by atoms with Crippen LogP contribution in [0.1, 0.15) is 4.88 Å². The average molecular weight is 252 g/mol. The molecule has 1 heterocycles. The molecule has 2 nitrogen and oxygen atoms in total. The smallest absolute Gasteiger partial charge is 0.119 e. The lowest BCUT2D eigenvalue weighted by Crippen LogP contribution is -1.80. The molecule has 0 atom stereocenters. The molecular weight excluding hydrogens is 242 g/mol. The topological polar surface area (TPSA) is 21.6 Å². The van der Waals surface area contributed by atoms with Crippen LogP contribution in [-0.2, 0) is 0 Å². The SMILES string of the molecule is COc1ccc(N=Cc2ccc(Cl)s2)cc1. The van der Waals surface area contributed by atoms with E-state index >= 15 is 0 Å². The molecule has 0 unspecified atom stereocenters. The highest BCUT2D eigenvalue weighted by Crippen LogP contribution is 2.21. The summed E-state index contributed by atoms with van der Waals surface area (Å²) < 4.78 is 5.84. The van der Waals surface area contributed by atoms with Crippen LogP contribution in [0.15, 0.2) is 41.4 Å². The fourth-order valence-corrected chi connectivity index (χ4v) is 2.14. The second kappa shape index (κ2) is 5.14. The molecule has 82 valence electrons. The van der Waals surface area contributed by atoms with Crippen LogP contribution in [0.2, 0.25) is 4.34 Å². The van der Waals surface area contributed by atoms with Crippen molar-refractivity contribution < 1.29 is 4.74 Å². The third-order valence-corrected chi connectivity index (χ3v) is 3.17. The largest absolute Gasteiger partial charge is 0.497 e. The van der Waals surface area contributed by atoms with Crippen LogP contribution in [0.5, 0.6) is 5.75 Å². The van der Waals surface area contributed by atoms with E-state index in [4.69, 9.17) is 16.3 Å². The molecule has 4 heteroatoms. The molecule has 0 N–H and O–H groups in total. The first-order valence-corrected chi connectivity index (χ1v) is 5.91. The van der Waals surface area contributed by atoms with Gasteiger partial charge in [0.2, 0.25) is 0 Å². The minimum Gasteiger partial charge on any atom is -0.497 e. The zero-order valence-corrected chi connectivity index (χ0v) is 10.3. The third-order valence-electron chi connectivity index (χ3n) is 2.01. The van der Waals surface area contributed by atoms with Gasteiger partial charge in [-0.25, -0.2) is 0 Å². The molecule has 0 bridgehead atoms. The van der Waals surface area contributed by atoms with Crippen LogP contribution in [0.3, 0.4) is 0 Å². The van der Waals surface area contributed by atoms with E-state index < -0.39 is 0 Å². The van der Waals surface area contributed by atoms with E-state index in [0.29, 0.717) is 0 Å². The number of ether oxygens (including phenoxy) is 1. The Balaban J connectivity index is 2.11. The molecule has 0 fully saturated rings. The average Bonchev–Trinajstić information content (AvgIpc) is 2.73. The molecule has 0 amide bonds. The Labute approximate surface area is 103 Å². The number of benzene rings is 1. The second-order valence-corrected chi connectivity index (χ2v) is 4.84. The summed E-state index contributed by atoms with van der Waals surface area (Å²) in [6, 6.07) is 11.4. The van der Waals surface area contributed by atoms with Gasteiger partial charge in [-0.2, -0.15) is 0 Å². The van der Waals surface area contributed by atoms with E-state index in [1.54, 1.807) is 13.3 Å². The molecule has 1 aromatic heterocycles. The normalized spacial score (nSPS) is 10.9. The number of nitrogens with zero attached hydrogens (tertiary/aromatic N) is 1. The third kappa shape index (κ3) is 2.84. The highest BCUT2D eigenvalue weighted by atomic mass is 35.5. The van der Waals surface area contributed by atoms with Crippen LogP contribution in [0.25, 0.3) is 0 Å². The molecule has 1 aromatic carbocycles. The maximum Gasteiger partial charge on any atom is 0.119 e. The summed E-state index contributed by atoms with van der Waals surface area (Å²) in [4.78, 5) is 5.38. The molecule has 0 aliphatic rings. The minimum atomic E-state index is 0.774. The summed E-state index contributed by atoms with van der Waals surface area (Å²) in [6.07, 6.45) is 1.80. The molecule has 2 rings (SSSR count). The summed E-state index contributed by atoms with van der Waals surface area (Å²) in [5.41, 5.74) is 0.894. The van der Waals surface area contributed by atoms with Crippen molar-refractivity contribution in [2.45, 2.75) is 0 Å². The van der Waals surface area contributed by atoms with Gasteiger partial charge in [-0.1, -0.05) is 11.6 Å². The van der Waals surface area contributed by atoms with E-state index in [0.717, 1.165) is 20.7 Å². The van der Waals surface area contributed by atoms with Gasteiger partial charge in [-0.05, 0) is 36.4 Å². The van der Waals surface area contributed by atoms with Crippen LogP contribution in [0, 0.1) is 0 Å². The lowest BCUT2D eigenvalue weighted by atomic mass is 10.3. The van der Waals surface area contributed by atoms with Crippen LogP contribution in [-0.4, -0.2) is 13.3 Å². The lowest BCUT2D eigenvalue weighted by molar-refractivity contribution is 0.415. The minimum absolute atomic E-state index is 0.774. The van der Waals surface area contributed by atoms with E-state index in [-0.39, 0.29) is 0 Å². The van der Waals surface area contributed by atoms with Gasteiger partial charge in [0.15, 0.2) is 0 Å². The van der Waals surface area contributed by atoms with Crippen molar-refractivity contribution in [2.75, 3.05) is 7.11 Å². The van der Waals surface area contributed by atoms with Gasteiger partial charge in [0.05, 0.1) is 17.1 Å². The van der Waals surface area contributed by atoms with E-state index in [1.165, 1.54) is 11.3 Å². The Hall–Kier alpha value is -1.32. The van der Waals surface area contributed by atoms with Gasteiger partial charge in [-0.3, -0.25) is 4.99 Å². The van der Waals surface area contributed by atoms with Crippen molar-refractivity contribution in [3.63, 3.8) is 0 Å². The van der Waals surface area contributed by atoms with E-state index in [1.807, 2.05) is 36.4 Å². The predicted octanol–water partition coefficient (Wildman–Crippen LogP) is 4.16. The number of hydrogen-bond acceptors (Lipinski definition) is 3. The molecule has 0 spiro atoms. The molecule has 0 saturated carbocycles. The molecule has 0 aliphatic heterocycles. The highest BCUT2D eigenvalue weighted by molar-refractivity contribution is 7.17. The van der Waals surface area contributed by atoms with Crippen molar-refractivity contribution >= 4 is 34.8 Å². The maximum absolute atomic E-state index is 5.82. The summed E-state index contributed by atoms with van der Waals surface area (Å²) in [5.74, 6) is 0.832. The van der Waals surface area contributed by atoms with Gasteiger partial charge in [-0.15, -0.1) is 11.3 Å². The summed E-state index contributed by atoms with van der Waals surface area (Å²) in [6.45, 7) is 0. The zero-order chi connectivity index (χ0) is 11.4. The maximum atomic E-state index is 5.82. The summed E-state index contributed by atoms with van der Waals surface area (Å²) >= 11 is 7.33. The van der Waals surface area contributed by atoms with Crippen molar-refractivity contribution in [1.29, 1.82) is 0 Å². The number of halogens is 1. The van der Waals surface area contributed by atoms with Gasteiger partial charge in [0, 0.05) is 11.1 Å². The van der Waals surface area contributed by atoms with Crippen molar-refractivity contribution in [1.82, 2.24) is 0 Å². The quantitative estimate of drug-likeness (QED) is 0.751. The number of thiophene rings is 1. The van der Waals surface area contributed by atoms with E-state index in [2.05, 4.69) is 4.99 Å². The molecule has 16 heavy (non-hydrogen) atoms. The van der Waals surface area contributed by atoms with Crippen molar-refractivity contribution in [2.24, 2.45) is 4.99 Å². The fourth-order valence-electron chi connectivity index (χ4n) is 1.20. The number of hydrogen-bond donors (Lipinski definition) is 0. The van der Waals surface area contributed by atoms with Crippen LogP contribution >= 0.6 is 22.9 Å². The Morgan fingerprint density at radius 2 is 1.94 bits per heavy atom. The second-order valence-electron chi connectivity index (χ2n) is 3.10. The van der Waals surface area contributed by atoms with Gasteiger partial charge in [0.1, 0.15) is 5.75 Å². The molecular formula is C12H10ClNOS. The van der Waals surface area contributed by atoms with E-state index in [9.17, 15) is 0 Å².